The molecular formula is C21H32N6O. The van der Waals surface area contributed by atoms with Gasteiger partial charge in [-0.15, -0.1) is 0 Å². The Kier molecular flexibility index (Phi) is 6.92. The fraction of sp³-hybridized carbons (Fsp3) is 0.524. The molecule has 1 aliphatic carbocycles. The van der Waals surface area contributed by atoms with E-state index in [-0.39, 0.29) is 6.04 Å². The summed E-state index contributed by atoms with van der Waals surface area (Å²) in [5.41, 5.74) is 2.32. The van der Waals surface area contributed by atoms with Crippen molar-refractivity contribution < 1.29 is 4.74 Å². The normalized spacial score (nSPS) is 15.5. The number of guanidine groups is 1. The summed E-state index contributed by atoms with van der Waals surface area (Å²) in [7, 11) is 7.87. The zero-order chi connectivity index (χ0) is 19.9. The standard InChI is InChI=1S/C21H32N6O/c1-22-21(24-13-19(26(2)3)18-12-25-27(4)14-18)23-11-17-7-5-6-8-20(17)28-15-16-9-10-16/h5-8,12,14,16,19H,9-11,13,15H2,1-4H3,(H2,22,23,24). The highest BCUT2D eigenvalue weighted by molar-refractivity contribution is 5.79. The molecule has 1 aliphatic rings. The molecule has 28 heavy (non-hydrogen) atoms. The van der Waals surface area contributed by atoms with Gasteiger partial charge in [0.2, 0.25) is 0 Å². The molecule has 1 aromatic heterocycles. The predicted molar refractivity (Wildman–Crippen MR) is 112 cm³/mol. The fourth-order valence-corrected chi connectivity index (χ4v) is 3.09. The molecule has 1 unspecified atom stereocenters. The first-order chi connectivity index (χ1) is 13.6. The van der Waals surface area contributed by atoms with Gasteiger partial charge in [-0.25, -0.2) is 0 Å². The molecule has 0 amide bonds. The second-order valence-corrected chi connectivity index (χ2v) is 7.60. The summed E-state index contributed by atoms with van der Waals surface area (Å²) in [6, 6.07) is 8.41. The summed E-state index contributed by atoms with van der Waals surface area (Å²) in [5, 5.41) is 11.1. The van der Waals surface area contributed by atoms with Gasteiger partial charge in [0.05, 0.1) is 18.8 Å². The van der Waals surface area contributed by atoms with Crippen LogP contribution in [0.4, 0.5) is 0 Å². The van der Waals surface area contributed by atoms with Gasteiger partial charge in [-0.3, -0.25) is 9.67 Å². The Bertz CT molecular complexity index is 781. The Balaban J connectivity index is 1.54. The number of hydrogen-bond donors (Lipinski definition) is 2. The van der Waals surface area contributed by atoms with Crippen LogP contribution in [-0.2, 0) is 13.6 Å². The van der Waals surface area contributed by atoms with E-state index >= 15 is 0 Å². The SMILES string of the molecule is CN=C(NCc1ccccc1OCC1CC1)NCC(c1cnn(C)c1)N(C)C. The number of rotatable bonds is 9. The third-order valence-electron chi connectivity index (χ3n) is 5.01. The Morgan fingerprint density at radius 2 is 2.11 bits per heavy atom. The molecule has 1 atom stereocenters. The number of nitrogens with one attached hydrogen (secondary N) is 2. The number of nitrogens with zero attached hydrogens (tertiary/aromatic N) is 4. The number of benzene rings is 1. The number of aryl methyl sites for hydroxylation is 1. The lowest BCUT2D eigenvalue weighted by Crippen LogP contribution is -2.41. The van der Waals surface area contributed by atoms with Crippen LogP contribution in [0.3, 0.4) is 0 Å². The quantitative estimate of drug-likeness (QED) is 0.512. The van der Waals surface area contributed by atoms with Crippen molar-refractivity contribution in [3.63, 3.8) is 0 Å². The smallest absolute Gasteiger partial charge is 0.191 e. The van der Waals surface area contributed by atoms with Crippen molar-refractivity contribution >= 4 is 5.96 Å². The first-order valence-corrected chi connectivity index (χ1v) is 9.87. The Morgan fingerprint density at radius 3 is 2.75 bits per heavy atom. The first-order valence-electron chi connectivity index (χ1n) is 9.87. The Morgan fingerprint density at radius 1 is 1.32 bits per heavy atom. The molecule has 0 bridgehead atoms. The van der Waals surface area contributed by atoms with Crippen LogP contribution >= 0.6 is 0 Å². The van der Waals surface area contributed by atoms with E-state index in [0.717, 1.165) is 36.3 Å². The average Bonchev–Trinajstić information content (AvgIpc) is 3.42. The van der Waals surface area contributed by atoms with Crippen LogP contribution in [0.1, 0.15) is 30.0 Å². The molecule has 1 saturated carbocycles. The molecule has 7 nitrogen and oxygen atoms in total. The molecule has 3 rings (SSSR count). The maximum Gasteiger partial charge on any atom is 0.191 e. The molecule has 0 spiro atoms. The minimum absolute atomic E-state index is 0.210. The highest BCUT2D eigenvalue weighted by Gasteiger charge is 2.22. The van der Waals surface area contributed by atoms with Gasteiger partial charge in [-0.1, -0.05) is 18.2 Å². The minimum Gasteiger partial charge on any atom is -0.493 e. The van der Waals surface area contributed by atoms with Crippen molar-refractivity contribution in [1.82, 2.24) is 25.3 Å². The minimum atomic E-state index is 0.210. The zero-order valence-corrected chi connectivity index (χ0v) is 17.4. The number of hydrogen-bond acceptors (Lipinski definition) is 4. The molecule has 2 N–H and O–H groups in total. The molecule has 152 valence electrons. The second-order valence-electron chi connectivity index (χ2n) is 7.60. The van der Waals surface area contributed by atoms with Crippen LogP contribution in [0.2, 0.25) is 0 Å². The van der Waals surface area contributed by atoms with Crippen molar-refractivity contribution in [2.45, 2.75) is 25.4 Å². The predicted octanol–water partition coefficient (Wildman–Crippen LogP) is 2.18. The molecule has 2 aromatic rings. The number of para-hydroxylation sites is 1. The summed E-state index contributed by atoms with van der Waals surface area (Å²) in [6.45, 7) is 2.22. The van der Waals surface area contributed by atoms with Gasteiger partial charge in [-0.2, -0.15) is 5.10 Å². The van der Waals surface area contributed by atoms with Crippen LogP contribution in [0.25, 0.3) is 0 Å². The van der Waals surface area contributed by atoms with Gasteiger partial charge >= 0.3 is 0 Å². The molecule has 1 fully saturated rings. The van der Waals surface area contributed by atoms with E-state index in [1.165, 1.54) is 18.4 Å². The number of ether oxygens (including phenoxy) is 1. The van der Waals surface area contributed by atoms with Gasteiger partial charge in [0, 0.05) is 44.5 Å². The molecule has 0 saturated heterocycles. The molecule has 0 radical (unpaired) electrons. The molecule has 0 aliphatic heterocycles. The highest BCUT2D eigenvalue weighted by Crippen LogP contribution is 2.30. The Hall–Kier alpha value is -2.54. The highest BCUT2D eigenvalue weighted by atomic mass is 16.5. The number of aliphatic imine (C=N–C) groups is 1. The van der Waals surface area contributed by atoms with Gasteiger partial charge in [0.1, 0.15) is 5.75 Å². The van der Waals surface area contributed by atoms with Crippen LogP contribution in [0.15, 0.2) is 41.7 Å². The van der Waals surface area contributed by atoms with E-state index in [4.69, 9.17) is 4.74 Å². The monoisotopic (exact) mass is 384 g/mol. The lowest BCUT2D eigenvalue weighted by molar-refractivity contribution is 0.296. The summed E-state index contributed by atoms with van der Waals surface area (Å²) in [6.07, 6.45) is 6.55. The second kappa shape index (κ2) is 9.59. The van der Waals surface area contributed by atoms with Crippen LogP contribution in [0, 0.1) is 5.92 Å². The summed E-state index contributed by atoms with van der Waals surface area (Å²) in [4.78, 5) is 6.54. The van der Waals surface area contributed by atoms with Crippen molar-refractivity contribution in [3.05, 3.63) is 47.8 Å². The molecule has 1 heterocycles. The summed E-state index contributed by atoms with van der Waals surface area (Å²) in [5.74, 6) is 2.47. The lowest BCUT2D eigenvalue weighted by Gasteiger charge is -2.24. The van der Waals surface area contributed by atoms with Crippen LogP contribution in [-0.4, -0.2) is 54.9 Å². The summed E-state index contributed by atoms with van der Waals surface area (Å²) < 4.78 is 7.83. The number of aromatic nitrogens is 2. The van der Waals surface area contributed by atoms with E-state index in [2.05, 4.69) is 52.0 Å². The fourth-order valence-electron chi connectivity index (χ4n) is 3.09. The largest absolute Gasteiger partial charge is 0.493 e. The van der Waals surface area contributed by atoms with E-state index < -0.39 is 0 Å². The third-order valence-corrected chi connectivity index (χ3v) is 5.01. The summed E-state index contributed by atoms with van der Waals surface area (Å²) >= 11 is 0. The van der Waals surface area contributed by atoms with Crippen molar-refractivity contribution in [2.75, 3.05) is 34.3 Å². The van der Waals surface area contributed by atoms with E-state index in [9.17, 15) is 0 Å². The van der Waals surface area contributed by atoms with Crippen LogP contribution < -0.4 is 15.4 Å². The van der Waals surface area contributed by atoms with E-state index in [0.29, 0.717) is 6.54 Å². The third kappa shape index (κ3) is 5.73. The zero-order valence-electron chi connectivity index (χ0n) is 17.4. The van der Waals surface area contributed by atoms with E-state index in [1.807, 2.05) is 36.1 Å². The molecular weight excluding hydrogens is 352 g/mol. The molecule has 1 aromatic carbocycles. The maximum absolute atomic E-state index is 6.00. The van der Waals surface area contributed by atoms with Crippen LogP contribution in [0.5, 0.6) is 5.75 Å². The first kappa shape index (κ1) is 20.2. The average molecular weight is 385 g/mol. The van der Waals surface area contributed by atoms with Gasteiger partial charge < -0.3 is 20.3 Å². The van der Waals surface area contributed by atoms with Gasteiger partial charge in [-0.05, 0) is 38.9 Å². The van der Waals surface area contributed by atoms with Crippen molar-refractivity contribution in [1.29, 1.82) is 0 Å². The van der Waals surface area contributed by atoms with Gasteiger partial charge in [0.15, 0.2) is 5.96 Å². The Labute approximate surface area is 167 Å². The van der Waals surface area contributed by atoms with Gasteiger partial charge in [0.25, 0.3) is 0 Å². The molecule has 7 heteroatoms. The topological polar surface area (TPSA) is 66.7 Å². The van der Waals surface area contributed by atoms with E-state index in [1.54, 1.807) is 7.05 Å². The van der Waals surface area contributed by atoms with Crippen molar-refractivity contribution in [2.24, 2.45) is 18.0 Å². The maximum atomic E-state index is 6.00. The number of likely N-dealkylation sites (N-methyl/N-ethyl adjacent to an activating group) is 1. The van der Waals surface area contributed by atoms with Crippen molar-refractivity contribution in [3.8, 4) is 5.75 Å². The lowest BCUT2D eigenvalue weighted by atomic mass is 10.1.